The van der Waals surface area contributed by atoms with Crippen molar-refractivity contribution in [2.45, 2.75) is 65.0 Å². The van der Waals surface area contributed by atoms with Crippen LogP contribution in [0.5, 0.6) is 5.75 Å². The largest absolute Gasteiger partial charge is 0.492 e. The van der Waals surface area contributed by atoms with Gasteiger partial charge >= 0.3 is 0 Å². The molecule has 1 aromatic carbocycles. The van der Waals surface area contributed by atoms with E-state index < -0.39 is 0 Å². The Hall–Kier alpha value is -1.02. The van der Waals surface area contributed by atoms with Gasteiger partial charge in [-0.05, 0) is 44.7 Å². The molecule has 2 rings (SSSR count). The second kappa shape index (κ2) is 7.68. The van der Waals surface area contributed by atoms with Gasteiger partial charge in [0.1, 0.15) is 12.4 Å². The minimum atomic E-state index is 0.414. The normalized spacial score (nSPS) is 24.4. The number of ether oxygens (including phenoxy) is 1. The van der Waals surface area contributed by atoms with Gasteiger partial charge in [-0.3, -0.25) is 0 Å². The fourth-order valence-corrected chi connectivity index (χ4v) is 3.12. The highest BCUT2D eigenvalue weighted by Gasteiger charge is 2.21. The van der Waals surface area contributed by atoms with Gasteiger partial charge in [0.25, 0.3) is 0 Å². The Labute approximate surface area is 123 Å². The molecule has 1 aliphatic rings. The van der Waals surface area contributed by atoms with Crippen molar-refractivity contribution < 1.29 is 4.74 Å². The fraction of sp³-hybridized carbons (Fsp3) is 0.667. The molecule has 2 nitrogen and oxygen atoms in total. The highest BCUT2D eigenvalue weighted by molar-refractivity contribution is 5.26. The van der Waals surface area contributed by atoms with Crippen molar-refractivity contribution in [3.8, 4) is 5.75 Å². The van der Waals surface area contributed by atoms with Gasteiger partial charge in [-0.25, -0.2) is 0 Å². The highest BCUT2D eigenvalue weighted by Crippen LogP contribution is 2.26. The molecule has 2 heteroatoms. The van der Waals surface area contributed by atoms with Crippen LogP contribution in [0.25, 0.3) is 0 Å². The van der Waals surface area contributed by atoms with Crippen LogP contribution in [-0.4, -0.2) is 18.7 Å². The molecule has 0 saturated heterocycles. The van der Waals surface area contributed by atoms with E-state index in [1.165, 1.54) is 37.7 Å². The van der Waals surface area contributed by atoms with E-state index in [4.69, 9.17) is 4.74 Å². The monoisotopic (exact) mass is 275 g/mol. The van der Waals surface area contributed by atoms with Crippen LogP contribution >= 0.6 is 0 Å². The van der Waals surface area contributed by atoms with Crippen molar-refractivity contribution in [2.75, 3.05) is 6.61 Å². The number of aryl methyl sites for hydroxylation is 1. The van der Waals surface area contributed by atoms with E-state index in [0.717, 1.165) is 18.3 Å². The maximum atomic E-state index is 5.85. The lowest BCUT2D eigenvalue weighted by Crippen LogP contribution is -2.42. The summed E-state index contributed by atoms with van der Waals surface area (Å²) >= 11 is 0. The van der Waals surface area contributed by atoms with Crippen LogP contribution in [0.3, 0.4) is 0 Å². The lowest BCUT2D eigenvalue weighted by molar-refractivity contribution is 0.222. The molecule has 0 spiro atoms. The van der Waals surface area contributed by atoms with Gasteiger partial charge < -0.3 is 10.1 Å². The van der Waals surface area contributed by atoms with Crippen LogP contribution in [0.1, 0.15) is 51.5 Å². The quantitative estimate of drug-likeness (QED) is 0.834. The third-order valence-electron chi connectivity index (χ3n) is 4.40. The molecule has 1 N–H and O–H groups in total. The summed E-state index contributed by atoms with van der Waals surface area (Å²) in [6.07, 6.45) is 6.79. The first-order valence-electron chi connectivity index (χ1n) is 8.13. The van der Waals surface area contributed by atoms with Gasteiger partial charge in [0, 0.05) is 12.1 Å². The summed E-state index contributed by atoms with van der Waals surface area (Å²) in [5.41, 5.74) is 1.27. The van der Waals surface area contributed by atoms with Crippen LogP contribution in [0.4, 0.5) is 0 Å². The Kier molecular flexibility index (Phi) is 5.90. The first-order valence-corrected chi connectivity index (χ1v) is 8.13. The molecule has 1 fully saturated rings. The number of rotatable bonds is 6. The van der Waals surface area contributed by atoms with Crippen LogP contribution in [-0.2, 0) is 0 Å². The second-order valence-corrected chi connectivity index (χ2v) is 6.33. The zero-order valence-corrected chi connectivity index (χ0v) is 13.2. The zero-order chi connectivity index (χ0) is 14.4. The molecule has 20 heavy (non-hydrogen) atoms. The van der Waals surface area contributed by atoms with Gasteiger partial charge in [-0.15, -0.1) is 0 Å². The number of hydrogen-bond acceptors (Lipinski definition) is 2. The highest BCUT2D eigenvalue weighted by atomic mass is 16.5. The van der Waals surface area contributed by atoms with Gasteiger partial charge in [0.15, 0.2) is 0 Å². The molecule has 3 unspecified atom stereocenters. The molecule has 1 saturated carbocycles. The van der Waals surface area contributed by atoms with Gasteiger partial charge in [-0.2, -0.15) is 0 Å². The average Bonchev–Trinajstić information content (AvgIpc) is 2.47. The van der Waals surface area contributed by atoms with E-state index in [0.29, 0.717) is 12.1 Å². The third-order valence-corrected chi connectivity index (χ3v) is 4.40. The minimum Gasteiger partial charge on any atom is -0.492 e. The van der Waals surface area contributed by atoms with Crippen LogP contribution in [0, 0.1) is 12.8 Å². The second-order valence-electron chi connectivity index (χ2n) is 6.33. The SMILES string of the molecule is CCC1CCCC(NC(C)COc2ccc(C)cc2)C1. The van der Waals surface area contributed by atoms with E-state index in [1.807, 2.05) is 0 Å². The van der Waals surface area contributed by atoms with Crippen molar-refractivity contribution >= 4 is 0 Å². The number of nitrogens with one attached hydrogen (secondary N) is 1. The Balaban J connectivity index is 1.72. The standard InChI is InChI=1S/C18H29NO/c1-4-16-6-5-7-17(12-16)19-15(3)13-20-18-10-8-14(2)9-11-18/h8-11,15-17,19H,4-7,12-13H2,1-3H3. The van der Waals surface area contributed by atoms with Crippen molar-refractivity contribution in [3.63, 3.8) is 0 Å². The lowest BCUT2D eigenvalue weighted by Gasteiger charge is -2.31. The van der Waals surface area contributed by atoms with Crippen LogP contribution in [0.2, 0.25) is 0 Å². The van der Waals surface area contributed by atoms with Crippen molar-refractivity contribution in [2.24, 2.45) is 5.92 Å². The van der Waals surface area contributed by atoms with Crippen molar-refractivity contribution in [3.05, 3.63) is 29.8 Å². The molecule has 0 bridgehead atoms. The first-order chi connectivity index (χ1) is 9.67. The topological polar surface area (TPSA) is 21.3 Å². The molecule has 0 heterocycles. The van der Waals surface area contributed by atoms with Crippen molar-refractivity contribution in [1.82, 2.24) is 5.32 Å². The summed E-state index contributed by atoms with van der Waals surface area (Å²) in [4.78, 5) is 0. The van der Waals surface area contributed by atoms with Gasteiger partial charge in [-0.1, -0.05) is 43.9 Å². The molecule has 1 aliphatic carbocycles. The van der Waals surface area contributed by atoms with E-state index in [2.05, 4.69) is 50.4 Å². The first kappa shape index (κ1) is 15.4. The molecule has 112 valence electrons. The number of hydrogen-bond donors (Lipinski definition) is 1. The predicted octanol–water partition coefficient (Wildman–Crippen LogP) is 4.32. The van der Waals surface area contributed by atoms with Crippen molar-refractivity contribution in [1.29, 1.82) is 0 Å². The van der Waals surface area contributed by atoms with E-state index in [1.54, 1.807) is 0 Å². The minimum absolute atomic E-state index is 0.414. The van der Waals surface area contributed by atoms with E-state index >= 15 is 0 Å². The van der Waals surface area contributed by atoms with Gasteiger partial charge in [0.05, 0.1) is 0 Å². The average molecular weight is 275 g/mol. The summed E-state index contributed by atoms with van der Waals surface area (Å²) in [6, 6.07) is 9.40. The predicted molar refractivity (Wildman–Crippen MR) is 85.3 cm³/mol. The molecule has 3 atom stereocenters. The molecule has 0 radical (unpaired) electrons. The summed E-state index contributed by atoms with van der Waals surface area (Å²) in [5, 5.41) is 3.74. The summed E-state index contributed by atoms with van der Waals surface area (Å²) in [6.45, 7) is 7.39. The Morgan fingerprint density at radius 1 is 1.25 bits per heavy atom. The summed E-state index contributed by atoms with van der Waals surface area (Å²) in [5.74, 6) is 1.89. The van der Waals surface area contributed by atoms with E-state index in [9.17, 15) is 0 Å². The Morgan fingerprint density at radius 2 is 2.00 bits per heavy atom. The molecule has 0 aromatic heterocycles. The maximum Gasteiger partial charge on any atom is 0.119 e. The molecular weight excluding hydrogens is 246 g/mol. The maximum absolute atomic E-state index is 5.85. The summed E-state index contributed by atoms with van der Waals surface area (Å²) < 4.78 is 5.85. The van der Waals surface area contributed by atoms with E-state index in [-0.39, 0.29) is 0 Å². The fourth-order valence-electron chi connectivity index (χ4n) is 3.12. The smallest absolute Gasteiger partial charge is 0.119 e. The van der Waals surface area contributed by atoms with Crippen LogP contribution in [0.15, 0.2) is 24.3 Å². The van der Waals surface area contributed by atoms with Gasteiger partial charge in [0.2, 0.25) is 0 Å². The molecule has 1 aromatic rings. The molecular formula is C18H29NO. The number of benzene rings is 1. The third kappa shape index (κ3) is 4.82. The zero-order valence-electron chi connectivity index (χ0n) is 13.2. The lowest BCUT2D eigenvalue weighted by atomic mass is 9.84. The van der Waals surface area contributed by atoms with Crippen LogP contribution < -0.4 is 10.1 Å². The Morgan fingerprint density at radius 3 is 2.70 bits per heavy atom. The summed E-state index contributed by atoms with van der Waals surface area (Å²) in [7, 11) is 0. The Bertz CT molecular complexity index is 387. The molecule has 0 aliphatic heterocycles. The molecule has 0 amide bonds.